The molecule has 0 saturated carbocycles. The molecule has 0 amide bonds. The summed E-state index contributed by atoms with van der Waals surface area (Å²) in [5.74, 6) is 0. The minimum Gasteiger partial charge on any atom is -0.834 e. The molecule has 0 aromatic rings. The Labute approximate surface area is 41.7 Å². The Morgan fingerprint density at radius 1 is 1.57 bits per heavy atom. The Kier molecular flexibility index (Phi) is 13.2. The standard InChI is InChI=1S/C2H6O2.CH3O2/c1-2(3)4;2-1-3/h2-4H,1H3;2H,1H2/q;-1. The van der Waals surface area contributed by atoms with Crippen LogP contribution in [-0.2, 0) is 0 Å². The SMILES string of the molecule is CC(O)O.[O-]CO. The van der Waals surface area contributed by atoms with Crippen LogP contribution in [0.4, 0.5) is 0 Å². The maximum absolute atomic E-state index is 8.49. The average molecular weight is 109 g/mol. The van der Waals surface area contributed by atoms with E-state index in [1.165, 1.54) is 6.92 Å². The third kappa shape index (κ3) is 3360. The lowest BCUT2D eigenvalue weighted by Gasteiger charge is -1.80. The molecule has 0 fully saturated rings. The zero-order valence-corrected chi connectivity index (χ0v) is 4.03. The van der Waals surface area contributed by atoms with Crippen molar-refractivity contribution in [3.8, 4) is 0 Å². The lowest BCUT2D eigenvalue weighted by Crippen LogP contribution is -2.01. The second-order valence-corrected chi connectivity index (χ2v) is 0.761. The van der Waals surface area contributed by atoms with Gasteiger partial charge in [-0.1, -0.05) is 0 Å². The van der Waals surface area contributed by atoms with Crippen LogP contribution in [0.1, 0.15) is 6.92 Å². The monoisotopic (exact) mass is 109 g/mol. The van der Waals surface area contributed by atoms with Gasteiger partial charge in [-0.3, -0.25) is 0 Å². The summed E-state index contributed by atoms with van der Waals surface area (Å²) in [4.78, 5) is 0. The van der Waals surface area contributed by atoms with Gasteiger partial charge in [0.25, 0.3) is 0 Å². The molecule has 3 N–H and O–H groups in total. The van der Waals surface area contributed by atoms with Gasteiger partial charge in [0, 0.05) is 0 Å². The Hall–Kier alpha value is -0.160. The second kappa shape index (κ2) is 9.28. The van der Waals surface area contributed by atoms with E-state index >= 15 is 0 Å². The van der Waals surface area contributed by atoms with Crippen molar-refractivity contribution in [2.45, 2.75) is 13.2 Å². The molecule has 7 heavy (non-hydrogen) atoms. The molecule has 0 aliphatic rings. The van der Waals surface area contributed by atoms with E-state index in [1.807, 2.05) is 0 Å². The van der Waals surface area contributed by atoms with E-state index in [-0.39, 0.29) is 0 Å². The van der Waals surface area contributed by atoms with Crippen molar-refractivity contribution in [3.05, 3.63) is 0 Å². The third-order valence-electron chi connectivity index (χ3n) is 0. The van der Waals surface area contributed by atoms with Crippen molar-refractivity contribution in [1.29, 1.82) is 0 Å². The van der Waals surface area contributed by atoms with Gasteiger partial charge in [0.2, 0.25) is 0 Å². The van der Waals surface area contributed by atoms with Gasteiger partial charge in [-0.05, 0) is 13.7 Å². The zero-order valence-electron chi connectivity index (χ0n) is 4.03. The molecule has 0 radical (unpaired) electrons. The van der Waals surface area contributed by atoms with E-state index in [0.717, 1.165) is 0 Å². The van der Waals surface area contributed by atoms with E-state index in [0.29, 0.717) is 0 Å². The summed E-state index contributed by atoms with van der Waals surface area (Å²) in [5.41, 5.74) is 0. The van der Waals surface area contributed by atoms with Gasteiger partial charge >= 0.3 is 0 Å². The van der Waals surface area contributed by atoms with Crippen LogP contribution in [-0.4, -0.2) is 28.4 Å². The van der Waals surface area contributed by atoms with Gasteiger partial charge in [0.15, 0.2) is 0 Å². The maximum atomic E-state index is 8.49. The zero-order chi connectivity index (χ0) is 6.28. The number of hydrogen-bond donors (Lipinski definition) is 3. The molecular weight excluding hydrogens is 100 g/mol. The van der Waals surface area contributed by atoms with Gasteiger partial charge in [-0.25, -0.2) is 0 Å². The molecule has 0 unspecified atom stereocenters. The fraction of sp³-hybridized carbons (Fsp3) is 1.00. The first-order valence-corrected chi connectivity index (χ1v) is 1.70. The van der Waals surface area contributed by atoms with Gasteiger partial charge in [0.1, 0.15) is 6.29 Å². The molecule has 4 heteroatoms. The molecule has 0 rings (SSSR count). The summed E-state index contributed by atoms with van der Waals surface area (Å²) < 4.78 is 0. The second-order valence-electron chi connectivity index (χ2n) is 0.761. The van der Waals surface area contributed by atoms with Crippen molar-refractivity contribution in [1.82, 2.24) is 0 Å². The van der Waals surface area contributed by atoms with Crippen LogP contribution in [0, 0.1) is 0 Å². The number of aliphatic hydroxyl groups excluding tert-OH is 2. The highest BCUT2D eigenvalue weighted by molar-refractivity contribution is 4.02. The van der Waals surface area contributed by atoms with Gasteiger partial charge in [-0.15, -0.1) is 0 Å². The molecular formula is C3H9O4-. The molecule has 0 heterocycles. The fourth-order valence-electron chi connectivity index (χ4n) is 0. The van der Waals surface area contributed by atoms with E-state index in [1.54, 1.807) is 0 Å². The molecule has 0 atom stereocenters. The summed E-state index contributed by atoms with van der Waals surface area (Å²) in [5, 5.41) is 30.7. The number of hydrogen-bond acceptors (Lipinski definition) is 4. The molecule has 0 aromatic heterocycles. The molecule has 4 nitrogen and oxygen atoms in total. The van der Waals surface area contributed by atoms with Crippen LogP contribution >= 0.6 is 0 Å². The lowest BCUT2D eigenvalue weighted by atomic mass is 10.8. The van der Waals surface area contributed by atoms with E-state index < -0.39 is 13.1 Å². The first kappa shape index (κ1) is 9.96. The van der Waals surface area contributed by atoms with Crippen LogP contribution in [0.3, 0.4) is 0 Å². The third-order valence-corrected chi connectivity index (χ3v) is 0. The smallest absolute Gasteiger partial charge is 0.148 e. The minimum absolute atomic E-state index is 1.00. The topological polar surface area (TPSA) is 83.8 Å². The summed E-state index contributed by atoms with van der Waals surface area (Å²) in [6.07, 6.45) is -1.17. The molecule has 0 bridgehead atoms. The fourth-order valence-corrected chi connectivity index (χ4v) is 0. The van der Waals surface area contributed by atoms with Crippen molar-refractivity contribution in [2.75, 3.05) is 6.79 Å². The average Bonchev–Trinajstić information content (AvgIpc) is 1.33. The first-order chi connectivity index (χ1) is 3.15. The normalized spacial score (nSPS) is 7.71. The van der Waals surface area contributed by atoms with Crippen LogP contribution in [0.5, 0.6) is 0 Å². The van der Waals surface area contributed by atoms with Crippen LogP contribution in [0.15, 0.2) is 0 Å². The molecule has 0 aliphatic carbocycles. The van der Waals surface area contributed by atoms with Crippen molar-refractivity contribution in [2.24, 2.45) is 0 Å². The highest BCUT2D eigenvalue weighted by Crippen LogP contribution is 1.57. The summed E-state index contributed by atoms with van der Waals surface area (Å²) in [7, 11) is 0. The quantitative estimate of drug-likeness (QED) is 0.303. The van der Waals surface area contributed by atoms with Gasteiger partial charge in [-0.2, -0.15) is 0 Å². The maximum Gasteiger partial charge on any atom is 0.148 e. The largest absolute Gasteiger partial charge is 0.834 e. The van der Waals surface area contributed by atoms with Crippen LogP contribution < -0.4 is 5.11 Å². The number of aliphatic hydroxyl groups is 3. The summed E-state index contributed by atoms with van der Waals surface area (Å²) in [6.45, 7) is 0.278. The Morgan fingerprint density at radius 2 is 1.57 bits per heavy atom. The van der Waals surface area contributed by atoms with Crippen LogP contribution in [0.2, 0.25) is 0 Å². The summed E-state index contributed by atoms with van der Waals surface area (Å²) in [6, 6.07) is 0. The predicted molar refractivity (Wildman–Crippen MR) is 21.0 cm³/mol. The molecule has 46 valence electrons. The van der Waals surface area contributed by atoms with Crippen molar-refractivity contribution >= 4 is 0 Å². The summed E-state index contributed by atoms with van der Waals surface area (Å²) >= 11 is 0. The van der Waals surface area contributed by atoms with E-state index in [2.05, 4.69) is 0 Å². The first-order valence-electron chi connectivity index (χ1n) is 1.70. The Morgan fingerprint density at radius 3 is 1.57 bits per heavy atom. The minimum atomic E-state index is -1.17. The van der Waals surface area contributed by atoms with Crippen LogP contribution in [0.25, 0.3) is 0 Å². The highest BCUT2D eigenvalue weighted by Gasteiger charge is 1.70. The molecule has 0 spiro atoms. The Bertz CT molecular complexity index is 18.1. The van der Waals surface area contributed by atoms with Gasteiger partial charge < -0.3 is 20.4 Å². The number of rotatable bonds is 0. The molecule has 0 aromatic carbocycles. The predicted octanol–water partition coefficient (Wildman–Crippen LogP) is -2.39. The van der Waals surface area contributed by atoms with E-state index in [9.17, 15) is 0 Å². The van der Waals surface area contributed by atoms with E-state index in [4.69, 9.17) is 20.4 Å². The lowest BCUT2D eigenvalue weighted by molar-refractivity contribution is -0.421. The highest BCUT2D eigenvalue weighted by atomic mass is 16.5. The molecule has 0 aliphatic heterocycles. The molecule has 0 saturated heterocycles. The Balaban J connectivity index is 0. The van der Waals surface area contributed by atoms with Crippen molar-refractivity contribution in [3.63, 3.8) is 0 Å². The van der Waals surface area contributed by atoms with Crippen molar-refractivity contribution < 1.29 is 20.4 Å². The van der Waals surface area contributed by atoms with Gasteiger partial charge in [0.05, 0.1) is 0 Å².